The van der Waals surface area contributed by atoms with Crippen LogP contribution >= 0.6 is 0 Å². The summed E-state index contributed by atoms with van der Waals surface area (Å²) in [6.45, 7) is 3.27. The molecule has 0 spiro atoms. The highest BCUT2D eigenvalue weighted by atomic mass is 16.4. The molecule has 1 atom stereocenters. The molecule has 1 unspecified atom stereocenters. The molecule has 112 valence electrons. The van der Waals surface area contributed by atoms with E-state index in [0.717, 1.165) is 16.5 Å². The van der Waals surface area contributed by atoms with Crippen molar-refractivity contribution >= 4 is 22.8 Å². The first-order valence-electron chi connectivity index (χ1n) is 7.05. The minimum absolute atomic E-state index is 0.240. The summed E-state index contributed by atoms with van der Waals surface area (Å²) < 4.78 is 0. The molecule has 0 saturated carbocycles. The number of carbonyl (C=O) groups is 2. The average molecular weight is 288 g/mol. The number of amides is 1. The van der Waals surface area contributed by atoms with Crippen molar-refractivity contribution in [1.29, 1.82) is 0 Å². The molecular formula is C16H20N2O3. The van der Waals surface area contributed by atoms with Crippen molar-refractivity contribution in [2.24, 2.45) is 0 Å². The molecule has 1 aromatic carbocycles. The fourth-order valence-electron chi connectivity index (χ4n) is 2.18. The van der Waals surface area contributed by atoms with Crippen LogP contribution in [0.1, 0.15) is 32.3 Å². The molecular weight excluding hydrogens is 268 g/mol. The van der Waals surface area contributed by atoms with Gasteiger partial charge < -0.3 is 15.4 Å². The van der Waals surface area contributed by atoms with Crippen LogP contribution in [0.5, 0.6) is 0 Å². The van der Waals surface area contributed by atoms with Gasteiger partial charge in [-0.05, 0) is 48.9 Å². The lowest BCUT2D eigenvalue weighted by atomic mass is 9.98. The number of hydrogen-bond donors (Lipinski definition) is 3. The van der Waals surface area contributed by atoms with Gasteiger partial charge in [0.1, 0.15) is 5.54 Å². The number of carboxylic acids is 1. The van der Waals surface area contributed by atoms with E-state index in [9.17, 15) is 9.59 Å². The van der Waals surface area contributed by atoms with Gasteiger partial charge in [-0.2, -0.15) is 0 Å². The monoisotopic (exact) mass is 288 g/mol. The summed E-state index contributed by atoms with van der Waals surface area (Å²) >= 11 is 0. The van der Waals surface area contributed by atoms with Gasteiger partial charge in [-0.25, -0.2) is 4.79 Å². The predicted octanol–water partition coefficient (Wildman–Crippen LogP) is 2.47. The number of carbonyl (C=O) groups excluding carboxylic acids is 1. The Hall–Kier alpha value is -2.30. The van der Waals surface area contributed by atoms with E-state index < -0.39 is 11.5 Å². The van der Waals surface area contributed by atoms with Crippen LogP contribution in [0.3, 0.4) is 0 Å². The maximum Gasteiger partial charge on any atom is 0.329 e. The van der Waals surface area contributed by atoms with Crippen molar-refractivity contribution in [1.82, 2.24) is 10.3 Å². The van der Waals surface area contributed by atoms with Crippen molar-refractivity contribution in [3.05, 3.63) is 36.0 Å². The summed E-state index contributed by atoms with van der Waals surface area (Å²) in [7, 11) is 0. The van der Waals surface area contributed by atoms with Crippen LogP contribution in [0.4, 0.5) is 0 Å². The van der Waals surface area contributed by atoms with Gasteiger partial charge in [-0.3, -0.25) is 4.79 Å². The third-order valence-electron chi connectivity index (χ3n) is 3.85. The fraction of sp³-hybridized carbons (Fsp3) is 0.375. The first-order valence-corrected chi connectivity index (χ1v) is 7.05. The lowest BCUT2D eigenvalue weighted by molar-refractivity contribution is -0.147. The Labute approximate surface area is 123 Å². The smallest absolute Gasteiger partial charge is 0.329 e. The van der Waals surface area contributed by atoms with Crippen LogP contribution in [0.15, 0.2) is 30.5 Å². The molecule has 5 heteroatoms. The summed E-state index contributed by atoms with van der Waals surface area (Å²) in [5.74, 6) is -1.25. The minimum Gasteiger partial charge on any atom is -0.480 e. The molecule has 0 fully saturated rings. The molecule has 1 amide bonds. The minimum atomic E-state index is -1.19. The standard InChI is InChI=1S/C16H20N2O3/c1-3-16(2,15(20)21)18-14(19)7-5-11-4-6-13-12(10-11)8-9-17-13/h4,6,8-10,17H,3,5,7H2,1-2H3,(H,18,19)(H,20,21). The molecule has 1 aromatic heterocycles. The number of H-pyrrole nitrogens is 1. The number of rotatable bonds is 6. The molecule has 1 heterocycles. The lowest BCUT2D eigenvalue weighted by Gasteiger charge is -2.24. The van der Waals surface area contributed by atoms with E-state index in [2.05, 4.69) is 10.3 Å². The number of nitrogens with one attached hydrogen (secondary N) is 2. The molecule has 0 bridgehead atoms. The Balaban J connectivity index is 1.95. The summed E-state index contributed by atoms with van der Waals surface area (Å²) in [6.07, 6.45) is 3.09. The number of fused-ring (bicyclic) bond motifs is 1. The molecule has 2 rings (SSSR count). The second kappa shape index (κ2) is 5.99. The lowest BCUT2D eigenvalue weighted by Crippen LogP contribution is -2.51. The number of aryl methyl sites for hydroxylation is 1. The third-order valence-corrected chi connectivity index (χ3v) is 3.85. The van der Waals surface area contributed by atoms with Gasteiger partial charge in [0.25, 0.3) is 0 Å². The first-order chi connectivity index (χ1) is 9.94. The summed E-state index contributed by atoms with van der Waals surface area (Å²) in [5, 5.41) is 12.9. The van der Waals surface area contributed by atoms with E-state index in [4.69, 9.17) is 5.11 Å². The fourth-order valence-corrected chi connectivity index (χ4v) is 2.18. The van der Waals surface area contributed by atoms with Crippen LogP contribution in [0.25, 0.3) is 10.9 Å². The molecule has 0 aliphatic rings. The second-order valence-electron chi connectivity index (χ2n) is 5.44. The zero-order valence-electron chi connectivity index (χ0n) is 12.3. The van der Waals surface area contributed by atoms with Crippen LogP contribution in [0.2, 0.25) is 0 Å². The zero-order valence-corrected chi connectivity index (χ0v) is 12.3. The highest BCUT2D eigenvalue weighted by Crippen LogP contribution is 2.16. The Morgan fingerprint density at radius 1 is 1.33 bits per heavy atom. The molecule has 21 heavy (non-hydrogen) atoms. The summed E-state index contributed by atoms with van der Waals surface area (Å²) in [6, 6.07) is 7.98. The third kappa shape index (κ3) is 3.42. The maximum absolute atomic E-state index is 11.9. The largest absolute Gasteiger partial charge is 0.480 e. The molecule has 0 aliphatic carbocycles. The van der Waals surface area contributed by atoms with Gasteiger partial charge in [0, 0.05) is 18.1 Å². The van der Waals surface area contributed by atoms with E-state index in [-0.39, 0.29) is 12.3 Å². The second-order valence-corrected chi connectivity index (χ2v) is 5.44. The van der Waals surface area contributed by atoms with Crippen LogP contribution in [-0.4, -0.2) is 27.5 Å². The Kier molecular flexibility index (Phi) is 4.31. The van der Waals surface area contributed by atoms with Crippen molar-refractivity contribution in [2.75, 3.05) is 0 Å². The van der Waals surface area contributed by atoms with Gasteiger partial charge in [0.05, 0.1) is 0 Å². The van der Waals surface area contributed by atoms with E-state index >= 15 is 0 Å². The SMILES string of the molecule is CCC(C)(NC(=O)CCc1ccc2[nH]ccc2c1)C(=O)O. The highest BCUT2D eigenvalue weighted by Gasteiger charge is 2.32. The van der Waals surface area contributed by atoms with Crippen molar-refractivity contribution in [3.8, 4) is 0 Å². The molecule has 3 N–H and O–H groups in total. The average Bonchev–Trinajstić information content (AvgIpc) is 2.92. The maximum atomic E-state index is 11.9. The van der Waals surface area contributed by atoms with Gasteiger partial charge in [-0.1, -0.05) is 13.0 Å². The number of hydrogen-bond acceptors (Lipinski definition) is 2. The van der Waals surface area contributed by atoms with Crippen molar-refractivity contribution in [3.63, 3.8) is 0 Å². The van der Waals surface area contributed by atoms with E-state index in [1.807, 2.05) is 30.5 Å². The van der Waals surface area contributed by atoms with E-state index in [0.29, 0.717) is 12.8 Å². The van der Waals surface area contributed by atoms with E-state index in [1.165, 1.54) is 6.92 Å². The molecule has 0 saturated heterocycles. The molecule has 0 radical (unpaired) electrons. The molecule has 2 aromatic rings. The highest BCUT2D eigenvalue weighted by molar-refractivity contribution is 5.86. The van der Waals surface area contributed by atoms with E-state index in [1.54, 1.807) is 6.92 Å². The van der Waals surface area contributed by atoms with Gasteiger partial charge in [-0.15, -0.1) is 0 Å². The number of aliphatic carboxylic acids is 1. The molecule has 0 aliphatic heterocycles. The summed E-state index contributed by atoms with van der Waals surface area (Å²) in [5.41, 5.74) is 0.931. The van der Waals surface area contributed by atoms with Crippen molar-refractivity contribution in [2.45, 2.75) is 38.6 Å². The Morgan fingerprint density at radius 2 is 2.10 bits per heavy atom. The Bertz CT molecular complexity index is 662. The van der Waals surface area contributed by atoms with Gasteiger partial charge >= 0.3 is 5.97 Å². The number of aromatic nitrogens is 1. The van der Waals surface area contributed by atoms with Gasteiger partial charge in [0.15, 0.2) is 0 Å². The van der Waals surface area contributed by atoms with Crippen LogP contribution in [-0.2, 0) is 16.0 Å². The Morgan fingerprint density at radius 3 is 2.76 bits per heavy atom. The summed E-state index contributed by atoms with van der Waals surface area (Å²) in [4.78, 5) is 26.2. The number of carboxylic acid groups (broad SMARTS) is 1. The number of benzene rings is 1. The normalized spacial score (nSPS) is 13.8. The molecule has 5 nitrogen and oxygen atoms in total. The zero-order chi connectivity index (χ0) is 15.5. The topological polar surface area (TPSA) is 82.2 Å². The van der Waals surface area contributed by atoms with Gasteiger partial charge in [0.2, 0.25) is 5.91 Å². The van der Waals surface area contributed by atoms with Crippen LogP contribution < -0.4 is 5.32 Å². The number of aromatic amines is 1. The van der Waals surface area contributed by atoms with Crippen LogP contribution in [0, 0.1) is 0 Å². The predicted molar refractivity (Wildman–Crippen MR) is 81.1 cm³/mol. The first kappa shape index (κ1) is 15.1. The van der Waals surface area contributed by atoms with Crippen molar-refractivity contribution < 1.29 is 14.7 Å². The quantitative estimate of drug-likeness (QED) is 0.763.